The molecule has 1 aromatic carbocycles. The summed E-state index contributed by atoms with van der Waals surface area (Å²) in [5.74, 6) is 0.325. The molecule has 8 heteroatoms. The van der Waals surface area contributed by atoms with Crippen LogP contribution in [0.4, 0.5) is 17.6 Å². The van der Waals surface area contributed by atoms with Gasteiger partial charge in [0.25, 0.3) is 0 Å². The summed E-state index contributed by atoms with van der Waals surface area (Å²) in [6.45, 7) is 5.22. The largest absolute Gasteiger partial charge is 0.419 e. The van der Waals surface area contributed by atoms with Crippen molar-refractivity contribution < 1.29 is 22.1 Å². The highest BCUT2D eigenvalue weighted by molar-refractivity contribution is 5.31. The summed E-state index contributed by atoms with van der Waals surface area (Å²) in [6.07, 6.45) is -3.26. The number of nitrogens with zero attached hydrogens (tertiary/aromatic N) is 3. The van der Waals surface area contributed by atoms with Crippen LogP contribution in [0.1, 0.15) is 61.4 Å². The number of hydrogen-bond donors (Lipinski definition) is 0. The predicted octanol–water partition coefficient (Wildman–Crippen LogP) is 4.73. The molecule has 1 aromatic heterocycles. The van der Waals surface area contributed by atoms with E-state index in [9.17, 15) is 17.6 Å². The molecule has 26 heavy (non-hydrogen) atoms. The monoisotopic (exact) mass is 371 g/mol. The van der Waals surface area contributed by atoms with Crippen molar-refractivity contribution in [2.45, 2.75) is 51.2 Å². The Balaban J connectivity index is 1.65. The van der Waals surface area contributed by atoms with Crippen molar-refractivity contribution in [3.8, 4) is 0 Å². The van der Waals surface area contributed by atoms with Crippen LogP contribution in [0.3, 0.4) is 0 Å². The molecule has 3 rings (SSSR count). The molecule has 2 heterocycles. The molecular formula is C18H21F4N3O. The Morgan fingerprint density at radius 2 is 1.92 bits per heavy atom. The first-order valence-corrected chi connectivity index (χ1v) is 8.66. The third kappa shape index (κ3) is 4.06. The Morgan fingerprint density at radius 1 is 1.23 bits per heavy atom. The molecule has 1 saturated heterocycles. The van der Waals surface area contributed by atoms with Gasteiger partial charge in [0, 0.05) is 18.4 Å². The van der Waals surface area contributed by atoms with Crippen molar-refractivity contribution in [2.24, 2.45) is 0 Å². The highest BCUT2D eigenvalue weighted by Crippen LogP contribution is 2.35. The number of benzene rings is 1. The molecule has 0 radical (unpaired) electrons. The van der Waals surface area contributed by atoms with Crippen LogP contribution in [0.25, 0.3) is 0 Å². The third-order valence-electron chi connectivity index (χ3n) is 4.69. The van der Waals surface area contributed by atoms with Gasteiger partial charge in [0.2, 0.25) is 5.89 Å². The van der Waals surface area contributed by atoms with E-state index < -0.39 is 17.6 Å². The van der Waals surface area contributed by atoms with Crippen molar-refractivity contribution >= 4 is 0 Å². The van der Waals surface area contributed by atoms with Crippen LogP contribution in [-0.2, 0) is 12.7 Å². The molecule has 0 spiro atoms. The SMILES string of the molecule is CC(C)c1noc(C2CCN(Cc3cccc(F)c3C(F)(F)F)CC2)n1. The fourth-order valence-corrected chi connectivity index (χ4v) is 3.24. The van der Waals surface area contributed by atoms with Crippen molar-refractivity contribution in [1.82, 2.24) is 15.0 Å². The first-order valence-electron chi connectivity index (χ1n) is 8.66. The molecule has 0 aliphatic carbocycles. The smallest absolute Gasteiger partial charge is 0.339 e. The van der Waals surface area contributed by atoms with E-state index in [0.717, 1.165) is 18.9 Å². The first-order chi connectivity index (χ1) is 12.3. The molecule has 1 aliphatic heterocycles. The van der Waals surface area contributed by atoms with Gasteiger partial charge in [-0.1, -0.05) is 31.1 Å². The van der Waals surface area contributed by atoms with E-state index in [2.05, 4.69) is 10.1 Å². The zero-order valence-corrected chi connectivity index (χ0v) is 14.7. The molecule has 0 saturated carbocycles. The summed E-state index contributed by atoms with van der Waals surface area (Å²) in [5.41, 5.74) is -1.20. The number of halogens is 4. The molecule has 2 aromatic rings. The quantitative estimate of drug-likeness (QED) is 0.729. The molecule has 1 fully saturated rings. The van der Waals surface area contributed by atoms with Crippen LogP contribution in [0, 0.1) is 5.82 Å². The summed E-state index contributed by atoms with van der Waals surface area (Å²) in [6, 6.07) is 3.50. The minimum Gasteiger partial charge on any atom is -0.339 e. The predicted molar refractivity (Wildman–Crippen MR) is 87.0 cm³/mol. The Hall–Kier alpha value is -1.96. The van der Waals surface area contributed by atoms with Crippen LogP contribution in [0.2, 0.25) is 0 Å². The van der Waals surface area contributed by atoms with Gasteiger partial charge >= 0.3 is 6.18 Å². The second-order valence-corrected chi connectivity index (χ2v) is 6.97. The number of piperidine rings is 1. The molecular weight excluding hydrogens is 350 g/mol. The van der Waals surface area contributed by atoms with Gasteiger partial charge < -0.3 is 4.52 Å². The van der Waals surface area contributed by atoms with E-state index >= 15 is 0 Å². The molecule has 0 atom stereocenters. The molecule has 0 amide bonds. The molecule has 1 aliphatic rings. The van der Waals surface area contributed by atoms with E-state index in [1.807, 2.05) is 18.7 Å². The van der Waals surface area contributed by atoms with Crippen LogP contribution in [0.5, 0.6) is 0 Å². The van der Waals surface area contributed by atoms with Gasteiger partial charge in [0.15, 0.2) is 5.82 Å². The van der Waals surface area contributed by atoms with Gasteiger partial charge in [-0.2, -0.15) is 18.2 Å². The topological polar surface area (TPSA) is 42.2 Å². The Bertz CT molecular complexity index is 749. The number of alkyl halides is 3. The van der Waals surface area contributed by atoms with Crippen molar-refractivity contribution in [2.75, 3.05) is 13.1 Å². The second-order valence-electron chi connectivity index (χ2n) is 6.97. The molecule has 142 valence electrons. The number of likely N-dealkylation sites (tertiary alicyclic amines) is 1. The third-order valence-corrected chi connectivity index (χ3v) is 4.69. The summed E-state index contributed by atoms with van der Waals surface area (Å²) < 4.78 is 58.4. The van der Waals surface area contributed by atoms with Gasteiger partial charge in [-0.3, -0.25) is 4.90 Å². The second kappa shape index (κ2) is 7.34. The lowest BCUT2D eigenvalue weighted by molar-refractivity contribution is -0.140. The molecule has 0 N–H and O–H groups in total. The average Bonchev–Trinajstić information content (AvgIpc) is 3.04. The van der Waals surface area contributed by atoms with Gasteiger partial charge in [-0.05, 0) is 37.6 Å². The number of hydrogen-bond acceptors (Lipinski definition) is 4. The van der Waals surface area contributed by atoms with E-state index in [1.54, 1.807) is 0 Å². The lowest BCUT2D eigenvalue weighted by Crippen LogP contribution is -2.33. The maximum absolute atomic E-state index is 13.7. The van der Waals surface area contributed by atoms with Crippen LogP contribution in [-0.4, -0.2) is 28.1 Å². The molecule has 4 nitrogen and oxygen atoms in total. The number of rotatable bonds is 4. The van der Waals surface area contributed by atoms with Crippen LogP contribution in [0.15, 0.2) is 22.7 Å². The van der Waals surface area contributed by atoms with Gasteiger partial charge in [-0.15, -0.1) is 0 Å². The van der Waals surface area contributed by atoms with E-state index in [-0.39, 0.29) is 23.9 Å². The zero-order chi connectivity index (χ0) is 18.9. The maximum atomic E-state index is 13.7. The summed E-state index contributed by atoms with van der Waals surface area (Å²) in [4.78, 5) is 6.31. The fraction of sp³-hybridized carbons (Fsp3) is 0.556. The number of aromatic nitrogens is 2. The molecule has 0 unspecified atom stereocenters. The van der Waals surface area contributed by atoms with E-state index in [0.29, 0.717) is 24.8 Å². The highest BCUT2D eigenvalue weighted by atomic mass is 19.4. The van der Waals surface area contributed by atoms with Crippen molar-refractivity contribution in [3.63, 3.8) is 0 Å². The lowest BCUT2D eigenvalue weighted by Gasteiger charge is -2.31. The Morgan fingerprint density at radius 3 is 2.50 bits per heavy atom. The van der Waals surface area contributed by atoms with Crippen LogP contribution < -0.4 is 0 Å². The molecule has 0 bridgehead atoms. The van der Waals surface area contributed by atoms with Gasteiger partial charge in [0.05, 0.1) is 5.56 Å². The first kappa shape index (κ1) is 18.8. The lowest BCUT2D eigenvalue weighted by atomic mass is 9.96. The minimum atomic E-state index is -4.70. The van der Waals surface area contributed by atoms with E-state index in [1.165, 1.54) is 12.1 Å². The fourth-order valence-electron chi connectivity index (χ4n) is 3.24. The summed E-state index contributed by atoms with van der Waals surface area (Å²) in [5, 5.41) is 3.96. The summed E-state index contributed by atoms with van der Waals surface area (Å²) in [7, 11) is 0. The minimum absolute atomic E-state index is 0.0316. The Labute approximate surface area is 149 Å². The zero-order valence-electron chi connectivity index (χ0n) is 14.7. The maximum Gasteiger partial charge on any atom is 0.419 e. The highest BCUT2D eigenvalue weighted by Gasteiger charge is 2.37. The Kier molecular flexibility index (Phi) is 5.32. The normalized spacial score (nSPS) is 17.2. The van der Waals surface area contributed by atoms with Crippen molar-refractivity contribution in [1.29, 1.82) is 0 Å². The average molecular weight is 371 g/mol. The standard InChI is InChI=1S/C18H21F4N3O/c1-11(2)16-23-17(26-24-16)12-6-8-25(9-7-12)10-13-4-3-5-14(19)15(13)18(20,21)22/h3-5,11-12H,6-10H2,1-2H3. The van der Waals surface area contributed by atoms with Gasteiger partial charge in [0.1, 0.15) is 5.82 Å². The van der Waals surface area contributed by atoms with Gasteiger partial charge in [-0.25, -0.2) is 4.39 Å². The summed E-state index contributed by atoms with van der Waals surface area (Å²) >= 11 is 0. The van der Waals surface area contributed by atoms with Crippen molar-refractivity contribution in [3.05, 3.63) is 46.9 Å². The van der Waals surface area contributed by atoms with Crippen LogP contribution >= 0.6 is 0 Å². The van der Waals surface area contributed by atoms with E-state index in [4.69, 9.17) is 4.52 Å².